The molecular weight excluding hydrogens is 380 g/mol. The van der Waals surface area contributed by atoms with E-state index in [1.807, 2.05) is 42.6 Å². The van der Waals surface area contributed by atoms with Gasteiger partial charge in [0.05, 0.1) is 17.0 Å². The zero-order valence-electron chi connectivity index (χ0n) is 15.6. The second-order valence-electron chi connectivity index (χ2n) is 6.40. The molecule has 0 radical (unpaired) electrons. The van der Waals surface area contributed by atoms with Gasteiger partial charge in [-0.25, -0.2) is 4.98 Å². The average Bonchev–Trinajstić information content (AvgIpc) is 3.23. The van der Waals surface area contributed by atoms with Crippen LogP contribution < -0.4 is 11.1 Å². The van der Waals surface area contributed by atoms with Crippen molar-refractivity contribution in [1.29, 1.82) is 0 Å². The zero-order valence-corrected chi connectivity index (χ0v) is 17.2. The Morgan fingerprint density at radius 2 is 1.96 bits per heavy atom. The predicted octanol–water partition coefficient (Wildman–Crippen LogP) is 5.78. The number of rotatable bonds is 7. The molecule has 7 heteroatoms. The van der Waals surface area contributed by atoms with Crippen molar-refractivity contribution in [2.24, 2.45) is 5.73 Å². The topological polar surface area (TPSA) is 72.9 Å². The minimum absolute atomic E-state index is 0.294. The second-order valence-corrected chi connectivity index (χ2v) is 7.70. The van der Waals surface area contributed by atoms with Crippen molar-refractivity contribution in [2.45, 2.75) is 39.7 Å². The zero-order chi connectivity index (χ0) is 19.6. The van der Waals surface area contributed by atoms with Gasteiger partial charge in [-0.2, -0.15) is 0 Å². The van der Waals surface area contributed by atoms with Gasteiger partial charge in [0.2, 0.25) is 0 Å². The van der Waals surface area contributed by atoms with Gasteiger partial charge in [0, 0.05) is 27.8 Å². The number of thiazole rings is 1. The highest BCUT2D eigenvalue weighted by atomic mass is 35.5. The van der Waals surface area contributed by atoms with Crippen molar-refractivity contribution in [3.8, 4) is 11.4 Å². The lowest BCUT2D eigenvalue weighted by molar-refractivity contribution is 0.0999. The summed E-state index contributed by atoms with van der Waals surface area (Å²) in [6, 6.07) is 9.63. The lowest BCUT2D eigenvalue weighted by Gasteiger charge is -2.20. The summed E-state index contributed by atoms with van der Waals surface area (Å²) in [5, 5.41) is 6.76. The van der Waals surface area contributed by atoms with Gasteiger partial charge in [-0.3, -0.25) is 4.79 Å². The van der Waals surface area contributed by atoms with Gasteiger partial charge >= 0.3 is 0 Å². The maximum Gasteiger partial charge on any atom is 0.250 e. The Kier molecular flexibility index (Phi) is 5.87. The van der Waals surface area contributed by atoms with Crippen molar-refractivity contribution in [1.82, 2.24) is 9.55 Å². The van der Waals surface area contributed by atoms with Crippen LogP contribution in [0.2, 0.25) is 5.02 Å². The standard InChI is InChI=1S/C20H23ClN4OS/c1-4-15(5-2)25-12(3)16(19(22)26)10-18(25)17-11-27-20(24-17)23-14-8-6-13(21)7-9-14/h6-11,15H,4-5H2,1-3H3,(H2,22,26)(H,23,24). The number of hydrogen-bond acceptors (Lipinski definition) is 4. The number of carbonyl (C=O) groups is 1. The number of nitrogens with two attached hydrogens (primary N) is 1. The number of amides is 1. The minimum Gasteiger partial charge on any atom is -0.366 e. The number of halogens is 1. The second kappa shape index (κ2) is 8.15. The third-order valence-electron chi connectivity index (χ3n) is 4.73. The summed E-state index contributed by atoms with van der Waals surface area (Å²) in [5.74, 6) is -0.409. The first-order chi connectivity index (χ1) is 12.9. The van der Waals surface area contributed by atoms with Crippen LogP contribution in [0.3, 0.4) is 0 Å². The fraction of sp³-hybridized carbons (Fsp3) is 0.300. The fourth-order valence-electron chi connectivity index (χ4n) is 3.30. The van der Waals surface area contributed by atoms with Crippen molar-refractivity contribution < 1.29 is 4.79 Å². The highest BCUT2D eigenvalue weighted by Gasteiger charge is 2.22. The summed E-state index contributed by atoms with van der Waals surface area (Å²) in [6.45, 7) is 6.24. The third kappa shape index (κ3) is 4.01. The summed E-state index contributed by atoms with van der Waals surface area (Å²) < 4.78 is 2.20. The van der Waals surface area contributed by atoms with Crippen LogP contribution >= 0.6 is 22.9 Å². The van der Waals surface area contributed by atoms with Crippen molar-refractivity contribution in [3.05, 3.63) is 52.0 Å². The third-order valence-corrected chi connectivity index (χ3v) is 5.74. The molecule has 0 aliphatic carbocycles. The fourth-order valence-corrected chi connectivity index (χ4v) is 4.15. The maximum absolute atomic E-state index is 11.9. The van der Waals surface area contributed by atoms with E-state index >= 15 is 0 Å². The van der Waals surface area contributed by atoms with E-state index in [0.29, 0.717) is 16.6 Å². The van der Waals surface area contributed by atoms with Crippen molar-refractivity contribution in [2.75, 3.05) is 5.32 Å². The van der Waals surface area contributed by atoms with E-state index in [1.165, 1.54) is 11.3 Å². The van der Waals surface area contributed by atoms with E-state index in [1.54, 1.807) is 0 Å². The monoisotopic (exact) mass is 402 g/mol. The highest BCUT2D eigenvalue weighted by Crippen LogP contribution is 2.34. The Hall–Kier alpha value is -2.31. The summed E-state index contributed by atoms with van der Waals surface area (Å²) in [4.78, 5) is 16.6. The molecule has 1 aromatic carbocycles. The number of hydrogen-bond donors (Lipinski definition) is 2. The smallest absolute Gasteiger partial charge is 0.250 e. The number of anilines is 2. The molecule has 3 rings (SSSR count). The molecule has 3 N–H and O–H groups in total. The first kappa shape index (κ1) is 19.5. The molecule has 27 heavy (non-hydrogen) atoms. The van der Waals surface area contributed by atoms with Gasteiger partial charge in [-0.15, -0.1) is 11.3 Å². The molecule has 0 atom stereocenters. The first-order valence-electron chi connectivity index (χ1n) is 8.94. The first-order valence-corrected chi connectivity index (χ1v) is 10.2. The molecule has 0 aliphatic rings. The molecular formula is C20H23ClN4OS. The van der Waals surface area contributed by atoms with Gasteiger partial charge < -0.3 is 15.6 Å². The Bertz CT molecular complexity index is 942. The summed E-state index contributed by atoms with van der Waals surface area (Å²) in [5.41, 5.74) is 9.71. The summed E-state index contributed by atoms with van der Waals surface area (Å²) in [6.07, 6.45) is 1.94. The molecule has 2 heterocycles. The number of carbonyl (C=O) groups excluding carboxylic acids is 1. The van der Waals surface area contributed by atoms with E-state index in [0.717, 1.165) is 40.7 Å². The highest BCUT2D eigenvalue weighted by molar-refractivity contribution is 7.14. The van der Waals surface area contributed by atoms with Crippen LogP contribution in [-0.2, 0) is 0 Å². The SMILES string of the molecule is CCC(CC)n1c(-c2csc(Nc3ccc(Cl)cc3)n2)cc(C(N)=O)c1C. The van der Waals surface area contributed by atoms with E-state index in [2.05, 4.69) is 23.7 Å². The van der Waals surface area contributed by atoms with Gasteiger partial charge in [-0.1, -0.05) is 25.4 Å². The number of nitrogens with one attached hydrogen (secondary N) is 1. The number of nitrogens with zero attached hydrogens (tertiary/aromatic N) is 2. The molecule has 1 amide bonds. The predicted molar refractivity (Wildman–Crippen MR) is 113 cm³/mol. The summed E-state index contributed by atoms with van der Waals surface area (Å²) >= 11 is 7.45. The van der Waals surface area contributed by atoms with Crippen LogP contribution in [0.4, 0.5) is 10.8 Å². The molecule has 5 nitrogen and oxygen atoms in total. The molecule has 0 spiro atoms. The quantitative estimate of drug-likeness (QED) is 0.526. The maximum atomic E-state index is 11.9. The normalized spacial score (nSPS) is 11.1. The number of aromatic nitrogens is 2. The minimum atomic E-state index is -0.409. The molecule has 0 aliphatic heterocycles. The van der Waals surface area contributed by atoms with Crippen molar-refractivity contribution in [3.63, 3.8) is 0 Å². The number of primary amides is 1. The van der Waals surface area contributed by atoms with Crippen LogP contribution in [0.25, 0.3) is 11.4 Å². The van der Waals surface area contributed by atoms with Crippen LogP contribution in [0, 0.1) is 6.92 Å². The Balaban J connectivity index is 1.98. The van der Waals surface area contributed by atoms with Crippen LogP contribution in [0.1, 0.15) is 48.8 Å². The molecule has 2 aromatic heterocycles. The van der Waals surface area contributed by atoms with Crippen LogP contribution in [0.15, 0.2) is 35.7 Å². The molecule has 0 fully saturated rings. The largest absolute Gasteiger partial charge is 0.366 e. The molecule has 142 valence electrons. The number of benzene rings is 1. The Morgan fingerprint density at radius 1 is 1.30 bits per heavy atom. The van der Waals surface area contributed by atoms with E-state index in [9.17, 15) is 4.79 Å². The van der Waals surface area contributed by atoms with Gasteiger partial charge in [0.15, 0.2) is 5.13 Å². The average molecular weight is 403 g/mol. The lowest BCUT2D eigenvalue weighted by Crippen LogP contribution is -2.14. The van der Waals surface area contributed by atoms with Gasteiger partial charge in [0.25, 0.3) is 5.91 Å². The van der Waals surface area contributed by atoms with E-state index in [-0.39, 0.29) is 0 Å². The molecule has 0 unspecified atom stereocenters. The molecule has 3 aromatic rings. The van der Waals surface area contributed by atoms with Crippen LogP contribution in [-0.4, -0.2) is 15.5 Å². The molecule has 0 saturated carbocycles. The van der Waals surface area contributed by atoms with E-state index < -0.39 is 5.91 Å². The van der Waals surface area contributed by atoms with Gasteiger partial charge in [0.1, 0.15) is 0 Å². The Morgan fingerprint density at radius 3 is 2.56 bits per heavy atom. The van der Waals surface area contributed by atoms with Crippen molar-refractivity contribution >= 4 is 39.7 Å². The Labute approximate surface area is 168 Å². The molecule has 0 bridgehead atoms. The van der Waals surface area contributed by atoms with Crippen LogP contribution in [0.5, 0.6) is 0 Å². The molecule has 0 saturated heterocycles. The summed E-state index contributed by atoms with van der Waals surface area (Å²) in [7, 11) is 0. The van der Waals surface area contributed by atoms with E-state index in [4.69, 9.17) is 22.3 Å². The van der Waals surface area contributed by atoms with Gasteiger partial charge in [-0.05, 0) is 50.1 Å². The lowest BCUT2D eigenvalue weighted by atomic mass is 10.1.